The molecule has 1 heterocycles. The van der Waals surface area contributed by atoms with Crippen molar-refractivity contribution in [3.8, 4) is 10.4 Å². The van der Waals surface area contributed by atoms with Crippen molar-refractivity contribution in [2.24, 2.45) is 11.7 Å². The van der Waals surface area contributed by atoms with Gasteiger partial charge in [-0.3, -0.25) is 9.59 Å². The third-order valence-corrected chi connectivity index (χ3v) is 5.83. The highest BCUT2D eigenvalue weighted by molar-refractivity contribution is 7.15. The first-order valence-corrected chi connectivity index (χ1v) is 9.96. The monoisotopic (exact) mass is 371 g/mol. The molecule has 1 aliphatic rings. The fourth-order valence-corrected chi connectivity index (χ4v) is 4.51. The summed E-state index contributed by atoms with van der Waals surface area (Å²) in [6, 6.07) is 9.79. The summed E-state index contributed by atoms with van der Waals surface area (Å²) in [7, 11) is 0. The predicted octanol–water partition coefficient (Wildman–Crippen LogP) is 3.63. The van der Waals surface area contributed by atoms with E-state index >= 15 is 0 Å². The Morgan fingerprint density at radius 3 is 2.54 bits per heavy atom. The molecule has 0 atom stereocenters. The lowest BCUT2D eigenvalue weighted by molar-refractivity contribution is -0.118. The molecule has 1 saturated carbocycles. The molecule has 26 heavy (non-hydrogen) atoms. The SMILES string of the molecule is Cc1nc(C(=O)N(CC(N)=O)CC2CCCCC2)c(-c2ccccc2)s1. The van der Waals surface area contributed by atoms with Gasteiger partial charge in [0.25, 0.3) is 5.91 Å². The Kier molecular flexibility index (Phi) is 6.04. The van der Waals surface area contributed by atoms with E-state index in [1.165, 1.54) is 30.6 Å². The van der Waals surface area contributed by atoms with Crippen LogP contribution in [0.5, 0.6) is 0 Å². The number of thiazole rings is 1. The Balaban J connectivity index is 1.87. The molecule has 138 valence electrons. The van der Waals surface area contributed by atoms with Gasteiger partial charge in [-0.1, -0.05) is 49.6 Å². The van der Waals surface area contributed by atoms with Crippen molar-refractivity contribution in [3.05, 3.63) is 41.0 Å². The quantitative estimate of drug-likeness (QED) is 0.842. The van der Waals surface area contributed by atoms with Crippen molar-refractivity contribution in [1.29, 1.82) is 0 Å². The molecule has 5 nitrogen and oxygen atoms in total. The normalized spacial score (nSPS) is 15.0. The second-order valence-corrected chi connectivity index (χ2v) is 8.14. The molecule has 0 radical (unpaired) electrons. The van der Waals surface area contributed by atoms with Gasteiger partial charge in [0.15, 0.2) is 0 Å². The fraction of sp³-hybridized carbons (Fsp3) is 0.450. The summed E-state index contributed by atoms with van der Waals surface area (Å²) in [5, 5.41) is 0.837. The summed E-state index contributed by atoms with van der Waals surface area (Å²) in [6.45, 7) is 2.42. The van der Waals surface area contributed by atoms with E-state index in [2.05, 4.69) is 4.98 Å². The van der Waals surface area contributed by atoms with Crippen LogP contribution in [-0.2, 0) is 4.79 Å². The maximum absolute atomic E-state index is 13.2. The van der Waals surface area contributed by atoms with E-state index in [0.717, 1.165) is 28.3 Å². The minimum Gasteiger partial charge on any atom is -0.368 e. The molecule has 0 spiro atoms. The van der Waals surface area contributed by atoms with Crippen LogP contribution >= 0.6 is 11.3 Å². The highest BCUT2D eigenvalue weighted by Crippen LogP contribution is 2.31. The molecular weight excluding hydrogens is 346 g/mol. The van der Waals surface area contributed by atoms with Crippen molar-refractivity contribution < 1.29 is 9.59 Å². The van der Waals surface area contributed by atoms with E-state index < -0.39 is 5.91 Å². The summed E-state index contributed by atoms with van der Waals surface area (Å²) < 4.78 is 0. The molecule has 6 heteroatoms. The molecule has 1 aromatic heterocycles. The number of nitrogens with zero attached hydrogens (tertiary/aromatic N) is 2. The van der Waals surface area contributed by atoms with Crippen LogP contribution in [0.4, 0.5) is 0 Å². The second-order valence-electron chi connectivity index (χ2n) is 6.93. The number of carbonyl (C=O) groups excluding carboxylic acids is 2. The van der Waals surface area contributed by atoms with Crippen LogP contribution in [0.2, 0.25) is 0 Å². The largest absolute Gasteiger partial charge is 0.368 e. The standard InChI is InChI=1S/C20H25N3O2S/c1-14-22-18(19(26-14)16-10-6-3-7-11-16)20(25)23(13-17(21)24)12-15-8-4-2-5-9-15/h3,6-7,10-11,15H,2,4-5,8-9,12-13H2,1H3,(H2,21,24). The van der Waals surface area contributed by atoms with E-state index in [0.29, 0.717) is 18.2 Å². The van der Waals surface area contributed by atoms with Crippen molar-refractivity contribution >= 4 is 23.2 Å². The van der Waals surface area contributed by atoms with E-state index in [-0.39, 0.29) is 12.5 Å². The van der Waals surface area contributed by atoms with Gasteiger partial charge in [0.2, 0.25) is 5.91 Å². The molecule has 1 aromatic carbocycles. The first-order chi connectivity index (χ1) is 12.5. The lowest BCUT2D eigenvalue weighted by atomic mass is 9.89. The van der Waals surface area contributed by atoms with E-state index in [9.17, 15) is 9.59 Å². The number of primary amides is 1. The van der Waals surface area contributed by atoms with Crippen LogP contribution in [0, 0.1) is 12.8 Å². The zero-order valence-electron chi connectivity index (χ0n) is 15.1. The zero-order chi connectivity index (χ0) is 18.5. The van der Waals surface area contributed by atoms with E-state index in [1.807, 2.05) is 37.3 Å². The maximum Gasteiger partial charge on any atom is 0.274 e. The highest BCUT2D eigenvalue weighted by atomic mass is 32.1. The molecule has 0 aliphatic heterocycles. The summed E-state index contributed by atoms with van der Waals surface area (Å²) in [4.78, 5) is 31.7. The van der Waals surface area contributed by atoms with Crippen LogP contribution in [0.15, 0.2) is 30.3 Å². The summed E-state index contributed by atoms with van der Waals surface area (Å²) in [5.41, 5.74) is 6.82. The third kappa shape index (κ3) is 4.49. The molecule has 0 unspecified atom stereocenters. The van der Waals surface area contributed by atoms with E-state index in [1.54, 1.807) is 4.90 Å². The molecule has 2 N–H and O–H groups in total. The molecular formula is C20H25N3O2S. The summed E-state index contributed by atoms with van der Waals surface area (Å²) in [6.07, 6.45) is 5.83. The van der Waals surface area contributed by atoms with Crippen LogP contribution < -0.4 is 5.73 Å². The Labute approximate surface area is 158 Å². The minimum absolute atomic E-state index is 0.0554. The van der Waals surface area contributed by atoms with E-state index in [4.69, 9.17) is 5.73 Å². The average Bonchev–Trinajstić information content (AvgIpc) is 3.03. The van der Waals surface area contributed by atoms with Crippen LogP contribution in [-0.4, -0.2) is 34.8 Å². The van der Waals surface area contributed by atoms with Crippen LogP contribution in [0.25, 0.3) is 10.4 Å². The third-order valence-electron chi connectivity index (χ3n) is 4.81. The molecule has 1 aliphatic carbocycles. The molecule has 2 amide bonds. The Morgan fingerprint density at radius 2 is 1.88 bits per heavy atom. The van der Waals surface area contributed by atoms with Crippen LogP contribution in [0.1, 0.15) is 47.6 Å². The number of aromatic nitrogens is 1. The number of hydrogen-bond donors (Lipinski definition) is 1. The number of carbonyl (C=O) groups is 2. The highest BCUT2D eigenvalue weighted by Gasteiger charge is 2.27. The van der Waals surface area contributed by atoms with Crippen molar-refractivity contribution in [1.82, 2.24) is 9.88 Å². The van der Waals surface area contributed by atoms with Gasteiger partial charge in [-0.05, 0) is 31.2 Å². The smallest absolute Gasteiger partial charge is 0.274 e. The van der Waals surface area contributed by atoms with Gasteiger partial charge < -0.3 is 10.6 Å². The first-order valence-electron chi connectivity index (χ1n) is 9.15. The Hall–Kier alpha value is -2.21. The van der Waals surface area contributed by atoms with Gasteiger partial charge in [-0.15, -0.1) is 11.3 Å². The van der Waals surface area contributed by atoms with Gasteiger partial charge in [0.05, 0.1) is 16.4 Å². The molecule has 0 saturated heterocycles. The zero-order valence-corrected chi connectivity index (χ0v) is 15.9. The average molecular weight is 372 g/mol. The first kappa shape index (κ1) is 18.6. The minimum atomic E-state index is -0.484. The number of nitrogens with two attached hydrogens (primary N) is 1. The lowest BCUT2D eigenvalue weighted by Gasteiger charge is -2.28. The summed E-state index contributed by atoms with van der Waals surface area (Å²) in [5.74, 6) is -0.244. The van der Waals surface area contributed by atoms with Gasteiger partial charge >= 0.3 is 0 Å². The fourth-order valence-electron chi connectivity index (χ4n) is 3.60. The number of hydrogen-bond acceptors (Lipinski definition) is 4. The maximum atomic E-state index is 13.2. The van der Waals surface area contributed by atoms with Crippen molar-refractivity contribution in [2.45, 2.75) is 39.0 Å². The number of benzene rings is 1. The molecule has 3 rings (SSSR count). The Bertz CT molecular complexity index is 767. The molecule has 1 fully saturated rings. The topological polar surface area (TPSA) is 76.3 Å². The lowest BCUT2D eigenvalue weighted by Crippen LogP contribution is -2.42. The summed E-state index contributed by atoms with van der Waals surface area (Å²) >= 11 is 1.50. The van der Waals surface area contributed by atoms with Crippen molar-refractivity contribution in [2.75, 3.05) is 13.1 Å². The van der Waals surface area contributed by atoms with Gasteiger partial charge in [-0.25, -0.2) is 4.98 Å². The van der Waals surface area contributed by atoms with Crippen LogP contribution in [0.3, 0.4) is 0 Å². The van der Waals surface area contributed by atoms with Gasteiger partial charge in [-0.2, -0.15) is 0 Å². The number of amides is 2. The number of rotatable bonds is 6. The predicted molar refractivity (Wildman–Crippen MR) is 104 cm³/mol. The van der Waals surface area contributed by atoms with Gasteiger partial charge in [0.1, 0.15) is 5.69 Å². The Morgan fingerprint density at radius 1 is 1.19 bits per heavy atom. The van der Waals surface area contributed by atoms with Gasteiger partial charge in [0, 0.05) is 6.54 Å². The molecule has 2 aromatic rings. The second kappa shape index (κ2) is 8.45. The number of aryl methyl sites for hydroxylation is 1. The van der Waals surface area contributed by atoms with Crippen molar-refractivity contribution in [3.63, 3.8) is 0 Å². The molecule has 0 bridgehead atoms.